The van der Waals surface area contributed by atoms with Crippen molar-refractivity contribution in [1.29, 1.82) is 0 Å². The molecule has 2 unspecified atom stereocenters. The lowest BCUT2D eigenvalue weighted by molar-refractivity contribution is -0.148. The maximum absolute atomic E-state index is 12.1. The van der Waals surface area contributed by atoms with E-state index in [4.69, 9.17) is 0 Å². The van der Waals surface area contributed by atoms with Crippen LogP contribution in [0.3, 0.4) is 0 Å². The van der Waals surface area contributed by atoms with E-state index in [0.717, 1.165) is 0 Å². The number of carbonyl (C=O) groups excluding carboxylic acids is 2. The monoisotopic (exact) mass is 298 g/mol. The van der Waals surface area contributed by atoms with Gasteiger partial charge in [-0.05, 0) is 6.42 Å². The first-order valence-electron chi connectivity index (χ1n) is 7.35. The molecule has 0 bridgehead atoms. The van der Waals surface area contributed by atoms with E-state index in [1.54, 1.807) is 39.5 Å². The molecule has 2 atom stereocenters. The van der Waals surface area contributed by atoms with Gasteiger partial charge < -0.3 is 15.3 Å². The number of aliphatic carboxylic acids is 1. The van der Waals surface area contributed by atoms with Crippen LogP contribution < -0.4 is 5.32 Å². The van der Waals surface area contributed by atoms with E-state index in [1.165, 1.54) is 0 Å². The Morgan fingerprint density at radius 2 is 1.76 bits per heavy atom. The van der Waals surface area contributed by atoms with Gasteiger partial charge >= 0.3 is 5.97 Å². The fraction of sp³-hybridized carbons (Fsp3) is 0.800. The molecule has 0 saturated carbocycles. The van der Waals surface area contributed by atoms with Crippen molar-refractivity contribution in [3.63, 3.8) is 0 Å². The van der Waals surface area contributed by atoms with Crippen LogP contribution in [0.5, 0.6) is 0 Å². The van der Waals surface area contributed by atoms with E-state index in [9.17, 15) is 19.5 Å². The summed E-state index contributed by atoms with van der Waals surface area (Å²) in [5, 5.41) is 12.1. The molecular formula is C15H26N2O4. The first kappa shape index (κ1) is 17.5. The Morgan fingerprint density at radius 3 is 2.19 bits per heavy atom. The van der Waals surface area contributed by atoms with Crippen molar-refractivity contribution in [3.8, 4) is 0 Å². The first-order chi connectivity index (χ1) is 9.52. The predicted molar refractivity (Wildman–Crippen MR) is 78.5 cm³/mol. The van der Waals surface area contributed by atoms with Crippen LogP contribution >= 0.6 is 0 Å². The fourth-order valence-electron chi connectivity index (χ4n) is 2.33. The molecule has 0 aromatic rings. The number of amides is 2. The van der Waals surface area contributed by atoms with Crippen LogP contribution in [0, 0.1) is 17.3 Å². The maximum Gasteiger partial charge on any atom is 0.308 e. The summed E-state index contributed by atoms with van der Waals surface area (Å²) in [6.07, 6.45) is 0.360. The van der Waals surface area contributed by atoms with Gasteiger partial charge in [-0.25, -0.2) is 0 Å². The van der Waals surface area contributed by atoms with Gasteiger partial charge in [-0.2, -0.15) is 0 Å². The van der Waals surface area contributed by atoms with Gasteiger partial charge in [-0.15, -0.1) is 0 Å². The third-order valence-corrected chi connectivity index (χ3v) is 3.62. The SMILES string of the molecule is CC(C)C(=O)N1CC(NC(=O)C(C)(C)C)CC(C(=O)O)C1. The number of hydrogen-bond acceptors (Lipinski definition) is 3. The van der Waals surface area contributed by atoms with Gasteiger partial charge in [0.2, 0.25) is 11.8 Å². The minimum Gasteiger partial charge on any atom is -0.481 e. The van der Waals surface area contributed by atoms with Crippen LogP contribution in [0.2, 0.25) is 0 Å². The molecule has 2 N–H and O–H groups in total. The zero-order valence-corrected chi connectivity index (χ0v) is 13.5. The second-order valence-electron chi connectivity index (χ2n) is 7.09. The van der Waals surface area contributed by atoms with Crippen molar-refractivity contribution in [2.45, 2.75) is 47.1 Å². The summed E-state index contributed by atoms with van der Waals surface area (Å²) in [7, 11) is 0. The second-order valence-corrected chi connectivity index (χ2v) is 7.09. The van der Waals surface area contributed by atoms with E-state index >= 15 is 0 Å². The highest BCUT2D eigenvalue weighted by molar-refractivity contribution is 5.82. The van der Waals surface area contributed by atoms with Crippen molar-refractivity contribution in [3.05, 3.63) is 0 Å². The molecule has 1 aliphatic heterocycles. The summed E-state index contributed by atoms with van der Waals surface area (Å²) in [6, 6.07) is -0.311. The number of rotatable bonds is 3. The number of carboxylic acid groups (broad SMARTS) is 1. The van der Waals surface area contributed by atoms with Crippen LogP contribution in [0.1, 0.15) is 41.0 Å². The second kappa shape index (κ2) is 6.45. The molecule has 21 heavy (non-hydrogen) atoms. The third kappa shape index (κ3) is 4.72. The molecular weight excluding hydrogens is 272 g/mol. The Labute approximate surface area is 125 Å². The molecule has 1 aliphatic rings. The molecule has 6 nitrogen and oxygen atoms in total. The summed E-state index contributed by atoms with van der Waals surface area (Å²) in [4.78, 5) is 37.0. The van der Waals surface area contributed by atoms with Crippen LogP contribution in [0.15, 0.2) is 0 Å². The zero-order chi connectivity index (χ0) is 16.4. The van der Waals surface area contributed by atoms with Gasteiger partial charge in [0.25, 0.3) is 0 Å². The van der Waals surface area contributed by atoms with E-state index < -0.39 is 17.3 Å². The van der Waals surface area contributed by atoms with Gasteiger partial charge in [0, 0.05) is 30.5 Å². The Morgan fingerprint density at radius 1 is 1.19 bits per heavy atom. The average Bonchev–Trinajstić information content (AvgIpc) is 2.36. The highest BCUT2D eigenvalue weighted by Gasteiger charge is 2.36. The van der Waals surface area contributed by atoms with E-state index in [-0.39, 0.29) is 30.3 Å². The highest BCUT2D eigenvalue weighted by Crippen LogP contribution is 2.21. The lowest BCUT2D eigenvalue weighted by Crippen LogP contribution is -2.56. The smallest absolute Gasteiger partial charge is 0.308 e. The molecule has 0 aliphatic carbocycles. The predicted octanol–water partition coefficient (Wildman–Crippen LogP) is 1.11. The van der Waals surface area contributed by atoms with Gasteiger partial charge in [0.05, 0.1) is 5.92 Å². The quantitative estimate of drug-likeness (QED) is 0.817. The summed E-state index contributed by atoms with van der Waals surface area (Å²) < 4.78 is 0. The lowest BCUT2D eigenvalue weighted by Gasteiger charge is -2.38. The first-order valence-corrected chi connectivity index (χ1v) is 7.35. The third-order valence-electron chi connectivity index (χ3n) is 3.62. The van der Waals surface area contributed by atoms with Crippen LogP contribution in [0.25, 0.3) is 0 Å². The van der Waals surface area contributed by atoms with E-state index in [0.29, 0.717) is 13.0 Å². The largest absolute Gasteiger partial charge is 0.481 e. The van der Waals surface area contributed by atoms with Crippen LogP contribution in [-0.4, -0.2) is 46.9 Å². The number of likely N-dealkylation sites (tertiary alicyclic amines) is 1. The van der Waals surface area contributed by atoms with Crippen molar-refractivity contribution in [2.75, 3.05) is 13.1 Å². The minimum absolute atomic E-state index is 0.0732. The molecule has 0 spiro atoms. The molecule has 1 fully saturated rings. The Kier molecular flexibility index (Phi) is 5.36. The topological polar surface area (TPSA) is 86.7 Å². The van der Waals surface area contributed by atoms with Crippen molar-refractivity contribution < 1.29 is 19.5 Å². The summed E-state index contributed by atoms with van der Waals surface area (Å²) >= 11 is 0. The summed E-state index contributed by atoms with van der Waals surface area (Å²) in [5.74, 6) is -1.94. The molecule has 0 radical (unpaired) electrons. The fourth-order valence-corrected chi connectivity index (χ4v) is 2.33. The summed E-state index contributed by atoms with van der Waals surface area (Å²) in [6.45, 7) is 9.58. The molecule has 1 saturated heterocycles. The molecule has 120 valence electrons. The number of nitrogens with one attached hydrogen (secondary N) is 1. The summed E-state index contributed by atoms with van der Waals surface area (Å²) in [5.41, 5.74) is -0.539. The van der Waals surface area contributed by atoms with Crippen molar-refractivity contribution in [2.24, 2.45) is 17.3 Å². The van der Waals surface area contributed by atoms with Crippen molar-refractivity contribution in [1.82, 2.24) is 10.2 Å². The van der Waals surface area contributed by atoms with Crippen LogP contribution in [-0.2, 0) is 14.4 Å². The Hall–Kier alpha value is -1.59. The molecule has 1 rings (SSSR count). The Bertz CT molecular complexity index is 426. The number of hydrogen-bond donors (Lipinski definition) is 2. The van der Waals surface area contributed by atoms with E-state index in [1.807, 2.05) is 0 Å². The number of piperidine rings is 1. The number of nitrogens with zero attached hydrogens (tertiary/aromatic N) is 1. The normalized spacial score (nSPS) is 23.0. The van der Waals surface area contributed by atoms with Crippen molar-refractivity contribution >= 4 is 17.8 Å². The lowest BCUT2D eigenvalue weighted by atomic mass is 9.91. The number of carbonyl (C=O) groups is 3. The molecule has 1 heterocycles. The molecule has 6 heteroatoms. The van der Waals surface area contributed by atoms with Gasteiger partial charge in [-0.3, -0.25) is 14.4 Å². The minimum atomic E-state index is -0.925. The zero-order valence-electron chi connectivity index (χ0n) is 13.5. The van der Waals surface area contributed by atoms with Gasteiger partial charge in [0.15, 0.2) is 0 Å². The van der Waals surface area contributed by atoms with E-state index in [2.05, 4.69) is 5.32 Å². The van der Waals surface area contributed by atoms with Crippen LogP contribution in [0.4, 0.5) is 0 Å². The van der Waals surface area contributed by atoms with Gasteiger partial charge in [0.1, 0.15) is 0 Å². The molecule has 0 aromatic heterocycles. The molecule has 0 aromatic carbocycles. The maximum atomic E-state index is 12.1. The number of carboxylic acids is 1. The van der Waals surface area contributed by atoms with Gasteiger partial charge in [-0.1, -0.05) is 34.6 Å². The Balaban J connectivity index is 2.82. The molecule has 2 amide bonds. The average molecular weight is 298 g/mol. The standard InChI is InChI=1S/C15H26N2O4/c1-9(2)12(18)17-7-10(13(19)20)6-11(8-17)16-14(21)15(3,4)5/h9-11H,6-8H2,1-5H3,(H,16,21)(H,19,20). The highest BCUT2D eigenvalue weighted by atomic mass is 16.4.